The Hall–Kier alpha value is -1.75. The first kappa shape index (κ1) is 17.3. The molecule has 0 aliphatic carbocycles. The molecule has 0 N–H and O–H groups in total. The molecule has 0 aliphatic rings. The summed E-state index contributed by atoms with van der Waals surface area (Å²) in [4.78, 5) is 11.4. The van der Waals surface area contributed by atoms with Gasteiger partial charge in [0.25, 0.3) is 0 Å². The zero-order chi connectivity index (χ0) is 15.9. The first-order chi connectivity index (χ1) is 9.96. The average molecular weight is 325 g/mol. The lowest BCUT2D eigenvalue weighted by atomic mass is 9.80. The summed E-state index contributed by atoms with van der Waals surface area (Å²) in [5.41, 5.74) is -0.569. The van der Waals surface area contributed by atoms with E-state index in [1.54, 1.807) is 25.1 Å². The number of carbonyl (C=O) groups is 1. The monoisotopic (exact) mass is 324 g/mol. The van der Waals surface area contributed by atoms with Crippen molar-refractivity contribution in [2.24, 2.45) is 5.41 Å². The van der Waals surface area contributed by atoms with Crippen LogP contribution in [0, 0.1) is 28.1 Å². The van der Waals surface area contributed by atoms with E-state index in [0.717, 1.165) is 5.56 Å². The van der Waals surface area contributed by atoms with Crippen molar-refractivity contribution in [3.63, 3.8) is 0 Å². The van der Waals surface area contributed by atoms with Crippen molar-refractivity contribution >= 4 is 29.2 Å². The Morgan fingerprint density at radius 1 is 1.29 bits per heavy atom. The highest BCUT2D eigenvalue weighted by atomic mass is 35.5. The third-order valence-electron chi connectivity index (χ3n) is 2.98. The van der Waals surface area contributed by atoms with Crippen LogP contribution in [-0.2, 0) is 16.0 Å². The van der Waals surface area contributed by atoms with Crippen LogP contribution in [0.3, 0.4) is 0 Å². The van der Waals surface area contributed by atoms with Gasteiger partial charge >= 0.3 is 5.97 Å². The molecule has 21 heavy (non-hydrogen) atoms. The second kappa shape index (κ2) is 7.88. The molecule has 0 amide bonds. The fraction of sp³-hybridized carbons (Fsp3) is 0.400. The predicted molar refractivity (Wildman–Crippen MR) is 79.7 cm³/mol. The molecule has 0 saturated heterocycles. The second-order valence-corrected chi connectivity index (χ2v) is 5.35. The van der Waals surface area contributed by atoms with Gasteiger partial charge in [-0.15, -0.1) is 0 Å². The number of nitriles is 2. The summed E-state index contributed by atoms with van der Waals surface area (Å²) >= 11 is 11.8. The van der Waals surface area contributed by atoms with Crippen LogP contribution in [0.25, 0.3) is 0 Å². The van der Waals surface area contributed by atoms with E-state index in [1.165, 1.54) is 0 Å². The number of hydrogen-bond donors (Lipinski definition) is 0. The normalized spacial score (nSPS) is 10.5. The summed E-state index contributed by atoms with van der Waals surface area (Å²) in [6.45, 7) is 1.98. The van der Waals surface area contributed by atoms with E-state index in [-0.39, 0.29) is 25.9 Å². The molecule has 0 spiro atoms. The maximum Gasteiger partial charge on any atom is 0.305 e. The Morgan fingerprint density at radius 3 is 2.48 bits per heavy atom. The van der Waals surface area contributed by atoms with Crippen molar-refractivity contribution in [1.29, 1.82) is 10.5 Å². The maximum absolute atomic E-state index is 11.4. The number of ether oxygens (including phenoxy) is 1. The molecule has 0 heterocycles. The molecular weight excluding hydrogens is 311 g/mol. The van der Waals surface area contributed by atoms with Crippen LogP contribution in [-0.4, -0.2) is 12.6 Å². The van der Waals surface area contributed by atoms with Crippen molar-refractivity contribution in [1.82, 2.24) is 0 Å². The fourth-order valence-electron chi connectivity index (χ4n) is 1.85. The van der Waals surface area contributed by atoms with E-state index in [4.69, 9.17) is 27.9 Å². The van der Waals surface area contributed by atoms with Gasteiger partial charge in [-0.1, -0.05) is 29.3 Å². The quantitative estimate of drug-likeness (QED) is 0.743. The first-order valence-corrected chi connectivity index (χ1v) is 7.14. The van der Waals surface area contributed by atoms with Gasteiger partial charge in [-0.25, -0.2) is 0 Å². The molecule has 1 rings (SSSR count). The number of esters is 1. The molecule has 0 bridgehead atoms. The van der Waals surface area contributed by atoms with Crippen LogP contribution in [0.5, 0.6) is 0 Å². The van der Waals surface area contributed by atoms with Crippen molar-refractivity contribution in [3.05, 3.63) is 33.8 Å². The van der Waals surface area contributed by atoms with E-state index < -0.39 is 11.4 Å². The third kappa shape index (κ3) is 4.93. The lowest BCUT2D eigenvalue weighted by molar-refractivity contribution is -0.143. The molecule has 1 aromatic rings. The molecule has 0 atom stereocenters. The van der Waals surface area contributed by atoms with Crippen molar-refractivity contribution in [3.8, 4) is 12.1 Å². The van der Waals surface area contributed by atoms with E-state index in [2.05, 4.69) is 0 Å². The summed E-state index contributed by atoms with van der Waals surface area (Å²) in [7, 11) is 0. The van der Waals surface area contributed by atoms with E-state index >= 15 is 0 Å². The maximum atomic E-state index is 11.4. The van der Waals surface area contributed by atoms with Crippen LogP contribution in [0.4, 0.5) is 0 Å². The van der Waals surface area contributed by atoms with Gasteiger partial charge in [0.1, 0.15) is 5.41 Å². The largest absolute Gasteiger partial charge is 0.466 e. The van der Waals surface area contributed by atoms with Crippen molar-refractivity contribution in [2.75, 3.05) is 6.61 Å². The lowest BCUT2D eigenvalue weighted by Gasteiger charge is -2.18. The summed E-state index contributed by atoms with van der Waals surface area (Å²) < 4.78 is 4.82. The second-order valence-electron chi connectivity index (χ2n) is 4.54. The molecular formula is C15H14Cl2N2O2. The Balaban J connectivity index is 2.86. The molecule has 0 aromatic heterocycles. The van der Waals surface area contributed by atoms with Crippen LogP contribution < -0.4 is 0 Å². The highest BCUT2D eigenvalue weighted by Crippen LogP contribution is 2.30. The average Bonchev–Trinajstić information content (AvgIpc) is 2.48. The van der Waals surface area contributed by atoms with Gasteiger partial charge in [0.15, 0.2) is 0 Å². The molecule has 110 valence electrons. The van der Waals surface area contributed by atoms with Crippen LogP contribution in [0.2, 0.25) is 10.0 Å². The summed E-state index contributed by atoms with van der Waals surface area (Å²) in [6.07, 6.45) is 0.311. The number of halogens is 2. The Labute approximate surface area is 133 Å². The molecule has 6 heteroatoms. The topological polar surface area (TPSA) is 73.9 Å². The zero-order valence-corrected chi connectivity index (χ0v) is 13.0. The number of rotatable bonds is 6. The Bertz CT molecular complexity index is 589. The van der Waals surface area contributed by atoms with Gasteiger partial charge in [0.05, 0.1) is 28.8 Å². The van der Waals surface area contributed by atoms with Gasteiger partial charge in [-0.2, -0.15) is 10.5 Å². The van der Waals surface area contributed by atoms with Gasteiger partial charge in [0, 0.05) is 12.8 Å². The van der Waals surface area contributed by atoms with E-state index in [1.807, 2.05) is 12.1 Å². The van der Waals surface area contributed by atoms with Crippen LogP contribution >= 0.6 is 23.2 Å². The number of benzene rings is 1. The molecule has 0 unspecified atom stereocenters. The smallest absolute Gasteiger partial charge is 0.305 e. The highest BCUT2D eigenvalue weighted by molar-refractivity contribution is 6.42. The fourth-order valence-corrected chi connectivity index (χ4v) is 2.17. The minimum atomic E-state index is -1.29. The molecule has 1 aromatic carbocycles. The number of hydrogen-bond acceptors (Lipinski definition) is 4. The minimum Gasteiger partial charge on any atom is -0.466 e. The van der Waals surface area contributed by atoms with Crippen molar-refractivity contribution in [2.45, 2.75) is 26.2 Å². The molecule has 0 fully saturated rings. The van der Waals surface area contributed by atoms with Gasteiger partial charge in [0.2, 0.25) is 0 Å². The zero-order valence-electron chi connectivity index (χ0n) is 11.5. The van der Waals surface area contributed by atoms with Crippen LogP contribution in [0.1, 0.15) is 25.3 Å². The van der Waals surface area contributed by atoms with Crippen LogP contribution in [0.15, 0.2) is 18.2 Å². The molecule has 0 radical (unpaired) electrons. The summed E-state index contributed by atoms with van der Waals surface area (Å²) in [5.74, 6) is -0.415. The molecule has 0 saturated carbocycles. The third-order valence-corrected chi connectivity index (χ3v) is 3.72. The SMILES string of the molecule is CCOC(=O)CCC(C#N)(C#N)Cc1ccc(Cl)c(Cl)c1. The Morgan fingerprint density at radius 2 is 1.95 bits per heavy atom. The molecule has 0 aliphatic heterocycles. The summed E-state index contributed by atoms with van der Waals surface area (Å²) in [5, 5.41) is 19.4. The van der Waals surface area contributed by atoms with Gasteiger partial charge in [-0.05, 0) is 31.0 Å². The highest BCUT2D eigenvalue weighted by Gasteiger charge is 2.31. The lowest BCUT2D eigenvalue weighted by Crippen LogP contribution is -2.21. The standard InChI is InChI=1S/C15H14Cl2N2O2/c1-2-21-14(20)5-6-15(9-18,10-19)8-11-3-4-12(16)13(17)7-11/h3-4,7H,2,5-6,8H2,1H3. The Kier molecular flexibility index (Phi) is 6.49. The minimum absolute atomic E-state index is 0.0241. The number of carbonyl (C=O) groups excluding carboxylic acids is 1. The first-order valence-electron chi connectivity index (χ1n) is 6.38. The summed E-state index contributed by atoms with van der Waals surface area (Å²) in [6, 6.07) is 8.95. The molecule has 4 nitrogen and oxygen atoms in total. The van der Waals surface area contributed by atoms with Crippen molar-refractivity contribution < 1.29 is 9.53 Å². The predicted octanol–water partition coefficient (Wildman–Crippen LogP) is 3.91. The number of nitrogens with zero attached hydrogens (tertiary/aromatic N) is 2. The van der Waals surface area contributed by atoms with Gasteiger partial charge < -0.3 is 4.74 Å². The van der Waals surface area contributed by atoms with E-state index in [9.17, 15) is 15.3 Å². The van der Waals surface area contributed by atoms with E-state index in [0.29, 0.717) is 10.0 Å². The van der Waals surface area contributed by atoms with Gasteiger partial charge in [-0.3, -0.25) is 4.79 Å².